The maximum atomic E-state index is 6.42. The highest BCUT2D eigenvalue weighted by Gasteiger charge is 2.27. The van der Waals surface area contributed by atoms with Gasteiger partial charge in [0.1, 0.15) is 10.8 Å². The lowest BCUT2D eigenvalue weighted by Gasteiger charge is -2.23. The van der Waals surface area contributed by atoms with Crippen molar-refractivity contribution in [1.29, 1.82) is 0 Å². The molecular formula is C16H22N2OS. The number of rotatable bonds is 6. The summed E-state index contributed by atoms with van der Waals surface area (Å²) in [6.07, 6.45) is 1.78. The maximum Gasteiger partial charge on any atom is 0.128 e. The van der Waals surface area contributed by atoms with Gasteiger partial charge < -0.3 is 10.5 Å². The predicted molar refractivity (Wildman–Crippen MR) is 85.2 cm³/mol. The molecule has 4 heteroatoms. The maximum absolute atomic E-state index is 6.42. The number of hydrogen-bond donors (Lipinski definition) is 1. The largest absolute Gasteiger partial charge is 0.493 e. The second kappa shape index (κ2) is 6.37. The first-order valence-electron chi connectivity index (χ1n) is 7.11. The molecule has 0 saturated carbocycles. The molecule has 108 valence electrons. The summed E-state index contributed by atoms with van der Waals surface area (Å²) in [5, 5.41) is 3.07. The number of aromatic nitrogens is 1. The molecule has 0 bridgehead atoms. The van der Waals surface area contributed by atoms with Crippen molar-refractivity contribution >= 4 is 11.3 Å². The van der Waals surface area contributed by atoms with Crippen LogP contribution in [0.2, 0.25) is 0 Å². The van der Waals surface area contributed by atoms with Crippen molar-refractivity contribution < 1.29 is 4.74 Å². The van der Waals surface area contributed by atoms with Gasteiger partial charge in [-0.05, 0) is 31.9 Å². The third-order valence-corrected chi connectivity index (χ3v) is 4.72. The molecule has 0 aliphatic carbocycles. The highest BCUT2D eigenvalue weighted by Crippen LogP contribution is 2.35. The quantitative estimate of drug-likeness (QED) is 0.868. The van der Waals surface area contributed by atoms with E-state index in [0.717, 1.165) is 34.9 Å². The highest BCUT2D eigenvalue weighted by atomic mass is 32.1. The number of para-hydroxylation sites is 1. The topological polar surface area (TPSA) is 48.1 Å². The molecule has 0 aliphatic heterocycles. The molecule has 3 nitrogen and oxygen atoms in total. The molecule has 20 heavy (non-hydrogen) atoms. The van der Waals surface area contributed by atoms with Gasteiger partial charge in [0.15, 0.2) is 0 Å². The molecule has 0 radical (unpaired) electrons. The van der Waals surface area contributed by atoms with Crippen LogP contribution in [0.1, 0.15) is 38.6 Å². The smallest absolute Gasteiger partial charge is 0.128 e. The SMILES string of the molecule is CCOc1ccccc1-c1csc(C(N)(CC)CC)n1. The van der Waals surface area contributed by atoms with Crippen LogP contribution in [0.4, 0.5) is 0 Å². The zero-order valence-electron chi connectivity index (χ0n) is 12.3. The average Bonchev–Trinajstić information content (AvgIpc) is 2.97. The summed E-state index contributed by atoms with van der Waals surface area (Å²) < 4.78 is 5.67. The summed E-state index contributed by atoms with van der Waals surface area (Å²) in [7, 11) is 0. The fourth-order valence-corrected chi connectivity index (χ4v) is 3.22. The third-order valence-electron chi connectivity index (χ3n) is 3.65. The van der Waals surface area contributed by atoms with Crippen LogP contribution in [0.5, 0.6) is 5.75 Å². The number of thiazole rings is 1. The Labute approximate surface area is 124 Å². The van der Waals surface area contributed by atoms with E-state index in [9.17, 15) is 0 Å². The van der Waals surface area contributed by atoms with Crippen molar-refractivity contribution in [2.75, 3.05) is 6.61 Å². The Kier molecular flexibility index (Phi) is 4.78. The van der Waals surface area contributed by atoms with E-state index in [0.29, 0.717) is 6.61 Å². The van der Waals surface area contributed by atoms with E-state index < -0.39 is 0 Å². The number of hydrogen-bond acceptors (Lipinski definition) is 4. The van der Waals surface area contributed by atoms with Gasteiger partial charge in [0.2, 0.25) is 0 Å². The summed E-state index contributed by atoms with van der Waals surface area (Å²) in [5.74, 6) is 0.877. The summed E-state index contributed by atoms with van der Waals surface area (Å²) in [5.41, 5.74) is 8.09. The van der Waals surface area contributed by atoms with E-state index in [2.05, 4.69) is 19.2 Å². The number of nitrogens with two attached hydrogens (primary N) is 1. The summed E-state index contributed by atoms with van der Waals surface area (Å²) in [6, 6.07) is 8.01. The first kappa shape index (κ1) is 15.0. The van der Waals surface area contributed by atoms with Crippen LogP contribution in [-0.4, -0.2) is 11.6 Å². The van der Waals surface area contributed by atoms with Gasteiger partial charge in [-0.25, -0.2) is 4.98 Å². The van der Waals surface area contributed by atoms with E-state index in [1.807, 2.05) is 31.2 Å². The Morgan fingerprint density at radius 2 is 1.90 bits per heavy atom. The Bertz CT molecular complexity index is 561. The van der Waals surface area contributed by atoms with Gasteiger partial charge in [0.05, 0.1) is 17.8 Å². The molecule has 0 saturated heterocycles. The van der Waals surface area contributed by atoms with Crippen molar-refractivity contribution in [3.63, 3.8) is 0 Å². The number of ether oxygens (including phenoxy) is 1. The summed E-state index contributed by atoms with van der Waals surface area (Å²) in [4.78, 5) is 4.75. The Morgan fingerprint density at radius 1 is 1.20 bits per heavy atom. The monoisotopic (exact) mass is 290 g/mol. The van der Waals surface area contributed by atoms with Crippen LogP contribution < -0.4 is 10.5 Å². The molecule has 2 N–H and O–H groups in total. The molecule has 0 atom stereocenters. The molecule has 0 spiro atoms. The van der Waals surface area contributed by atoms with Gasteiger partial charge in [-0.1, -0.05) is 26.0 Å². The van der Waals surface area contributed by atoms with Crippen LogP contribution in [0.15, 0.2) is 29.6 Å². The first-order valence-corrected chi connectivity index (χ1v) is 7.99. The van der Waals surface area contributed by atoms with Gasteiger partial charge in [-0.2, -0.15) is 0 Å². The molecule has 0 unspecified atom stereocenters. The van der Waals surface area contributed by atoms with Crippen molar-refractivity contribution in [3.8, 4) is 17.0 Å². The zero-order valence-corrected chi connectivity index (χ0v) is 13.2. The zero-order chi connectivity index (χ0) is 14.6. The molecule has 0 amide bonds. The van der Waals surface area contributed by atoms with E-state index in [1.54, 1.807) is 11.3 Å². The Hall–Kier alpha value is -1.39. The summed E-state index contributed by atoms with van der Waals surface area (Å²) in [6.45, 7) is 6.86. The highest BCUT2D eigenvalue weighted by molar-refractivity contribution is 7.10. The second-order valence-corrected chi connectivity index (χ2v) is 5.69. The lowest BCUT2D eigenvalue weighted by molar-refractivity contribution is 0.341. The average molecular weight is 290 g/mol. The molecule has 2 aromatic rings. The lowest BCUT2D eigenvalue weighted by Crippen LogP contribution is -2.34. The van der Waals surface area contributed by atoms with Crippen molar-refractivity contribution in [2.24, 2.45) is 5.73 Å². The molecule has 1 heterocycles. The van der Waals surface area contributed by atoms with Crippen LogP contribution in [0.3, 0.4) is 0 Å². The van der Waals surface area contributed by atoms with Crippen molar-refractivity contribution in [3.05, 3.63) is 34.7 Å². The third kappa shape index (κ3) is 2.86. The fraction of sp³-hybridized carbons (Fsp3) is 0.438. The van der Waals surface area contributed by atoms with Gasteiger partial charge >= 0.3 is 0 Å². The van der Waals surface area contributed by atoms with E-state index in [1.165, 1.54) is 0 Å². The molecule has 0 fully saturated rings. The molecule has 1 aromatic carbocycles. The van der Waals surface area contributed by atoms with Gasteiger partial charge in [0, 0.05) is 10.9 Å². The van der Waals surface area contributed by atoms with Gasteiger partial charge in [-0.15, -0.1) is 11.3 Å². The van der Waals surface area contributed by atoms with E-state index >= 15 is 0 Å². The second-order valence-electron chi connectivity index (χ2n) is 4.83. The first-order chi connectivity index (χ1) is 9.64. The van der Waals surface area contributed by atoms with Crippen molar-refractivity contribution in [2.45, 2.75) is 39.2 Å². The minimum atomic E-state index is -0.316. The van der Waals surface area contributed by atoms with E-state index in [-0.39, 0.29) is 5.54 Å². The Balaban J connectivity index is 2.38. The van der Waals surface area contributed by atoms with Crippen molar-refractivity contribution in [1.82, 2.24) is 4.98 Å². The minimum Gasteiger partial charge on any atom is -0.493 e. The van der Waals surface area contributed by atoms with Gasteiger partial charge in [-0.3, -0.25) is 0 Å². The van der Waals surface area contributed by atoms with E-state index in [4.69, 9.17) is 15.5 Å². The molecule has 0 aliphatic rings. The number of benzene rings is 1. The number of nitrogens with zero attached hydrogens (tertiary/aromatic N) is 1. The van der Waals surface area contributed by atoms with Crippen LogP contribution in [0, 0.1) is 0 Å². The predicted octanol–water partition coefficient (Wildman–Crippen LogP) is 4.18. The lowest BCUT2D eigenvalue weighted by atomic mass is 9.95. The standard InChI is InChI=1S/C16H22N2OS/c1-4-16(17,5-2)15-18-13(11-20-15)12-9-7-8-10-14(12)19-6-3/h7-11H,4-6,17H2,1-3H3. The molecule has 1 aromatic heterocycles. The minimum absolute atomic E-state index is 0.316. The molecule has 2 rings (SSSR count). The fourth-order valence-electron chi connectivity index (χ4n) is 2.14. The van der Waals surface area contributed by atoms with Crippen LogP contribution in [-0.2, 0) is 5.54 Å². The summed E-state index contributed by atoms with van der Waals surface area (Å²) >= 11 is 1.64. The van der Waals surface area contributed by atoms with Gasteiger partial charge in [0.25, 0.3) is 0 Å². The van der Waals surface area contributed by atoms with Crippen LogP contribution >= 0.6 is 11.3 Å². The van der Waals surface area contributed by atoms with Crippen LogP contribution in [0.25, 0.3) is 11.3 Å². The normalized spacial score (nSPS) is 11.6. The molecular weight excluding hydrogens is 268 g/mol. The Morgan fingerprint density at radius 3 is 2.55 bits per heavy atom.